The Kier molecular flexibility index (Phi) is 5.05. The van der Waals surface area contributed by atoms with Crippen LogP contribution in [0.4, 0.5) is 0 Å². The van der Waals surface area contributed by atoms with Crippen molar-refractivity contribution in [3.63, 3.8) is 0 Å². The SMILES string of the molecule is CNCC1(CN2CCOCC2C)CCCC(C)C1. The second-order valence-corrected chi connectivity index (χ2v) is 6.63. The van der Waals surface area contributed by atoms with Gasteiger partial charge in [-0.2, -0.15) is 0 Å². The Morgan fingerprint density at radius 3 is 2.89 bits per heavy atom. The standard InChI is InChI=1S/C15H30N2O/c1-13-5-4-6-15(9-13,11-16-3)12-17-7-8-18-10-14(17)2/h13-14,16H,4-12H2,1-3H3. The number of ether oxygens (including phenoxy) is 1. The predicted molar refractivity (Wildman–Crippen MR) is 75.8 cm³/mol. The summed E-state index contributed by atoms with van der Waals surface area (Å²) in [6, 6.07) is 0.588. The monoisotopic (exact) mass is 254 g/mol. The van der Waals surface area contributed by atoms with Crippen molar-refractivity contribution in [3.8, 4) is 0 Å². The molecule has 0 aromatic heterocycles. The van der Waals surface area contributed by atoms with E-state index in [-0.39, 0.29) is 0 Å². The van der Waals surface area contributed by atoms with E-state index in [4.69, 9.17) is 4.74 Å². The van der Waals surface area contributed by atoms with Crippen LogP contribution in [0.15, 0.2) is 0 Å². The lowest BCUT2D eigenvalue weighted by Gasteiger charge is -2.46. The summed E-state index contributed by atoms with van der Waals surface area (Å²) in [5.74, 6) is 0.892. The van der Waals surface area contributed by atoms with Gasteiger partial charge < -0.3 is 10.1 Å². The van der Waals surface area contributed by atoms with Crippen molar-refractivity contribution < 1.29 is 4.74 Å². The van der Waals surface area contributed by atoms with E-state index < -0.39 is 0 Å². The largest absolute Gasteiger partial charge is 0.379 e. The predicted octanol–water partition coefficient (Wildman–Crippen LogP) is 2.12. The summed E-state index contributed by atoms with van der Waals surface area (Å²) in [5, 5.41) is 3.45. The molecule has 2 fully saturated rings. The molecule has 0 spiro atoms. The van der Waals surface area contributed by atoms with Gasteiger partial charge in [0.2, 0.25) is 0 Å². The summed E-state index contributed by atoms with van der Waals surface area (Å²) in [7, 11) is 2.10. The molecule has 0 bridgehead atoms. The van der Waals surface area contributed by atoms with Gasteiger partial charge in [-0.1, -0.05) is 19.8 Å². The van der Waals surface area contributed by atoms with Crippen LogP contribution in [0.2, 0.25) is 0 Å². The van der Waals surface area contributed by atoms with Crippen LogP contribution < -0.4 is 5.32 Å². The summed E-state index contributed by atoms with van der Waals surface area (Å²) in [6.07, 6.45) is 5.60. The van der Waals surface area contributed by atoms with Gasteiger partial charge in [-0.05, 0) is 38.1 Å². The van der Waals surface area contributed by atoms with Crippen LogP contribution in [-0.2, 0) is 4.74 Å². The molecule has 3 heteroatoms. The Hall–Kier alpha value is -0.120. The van der Waals surface area contributed by atoms with E-state index in [1.165, 1.54) is 38.8 Å². The first-order valence-electron chi connectivity index (χ1n) is 7.62. The van der Waals surface area contributed by atoms with Crippen LogP contribution >= 0.6 is 0 Å². The number of nitrogens with one attached hydrogen (secondary N) is 1. The highest BCUT2D eigenvalue weighted by Crippen LogP contribution is 2.40. The molecule has 1 aliphatic heterocycles. The van der Waals surface area contributed by atoms with Crippen molar-refractivity contribution in [3.05, 3.63) is 0 Å². The lowest BCUT2D eigenvalue weighted by Crippen LogP contribution is -2.52. The molecule has 0 aromatic carbocycles. The third-order valence-corrected chi connectivity index (χ3v) is 4.78. The lowest BCUT2D eigenvalue weighted by atomic mass is 9.69. The van der Waals surface area contributed by atoms with Crippen LogP contribution in [-0.4, -0.2) is 50.8 Å². The molecule has 1 aliphatic carbocycles. The summed E-state index contributed by atoms with van der Waals surface area (Å²) < 4.78 is 5.56. The van der Waals surface area contributed by atoms with Crippen molar-refractivity contribution >= 4 is 0 Å². The molecule has 1 saturated heterocycles. The maximum Gasteiger partial charge on any atom is 0.0619 e. The Morgan fingerprint density at radius 2 is 2.22 bits per heavy atom. The summed E-state index contributed by atoms with van der Waals surface area (Å²) >= 11 is 0. The first-order chi connectivity index (χ1) is 8.65. The molecule has 1 saturated carbocycles. The number of nitrogens with zero attached hydrogens (tertiary/aromatic N) is 1. The fourth-order valence-electron chi connectivity index (χ4n) is 3.93. The zero-order valence-electron chi connectivity index (χ0n) is 12.4. The van der Waals surface area contributed by atoms with Crippen molar-refractivity contribution in [2.75, 3.05) is 39.9 Å². The van der Waals surface area contributed by atoms with E-state index in [0.717, 1.165) is 25.7 Å². The minimum atomic E-state index is 0.498. The first-order valence-corrected chi connectivity index (χ1v) is 7.62. The van der Waals surface area contributed by atoms with Gasteiger partial charge in [0.15, 0.2) is 0 Å². The normalized spacial score (nSPS) is 38.8. The van der Waals surface area contributed by atoms with E-state index in [1.54, 1.807) is 0 Å². The van der Waals surface area contributed by atoms with E-state index in [1.807, 2.05) is 0 Å². The Bertz CT molecular complexity index is 255. The minimum absolute atomic E-state index is 0.498. The van der Waals surface area contributed by atoms with Crippen LogP contribution in [0.3, 0.4) is 0 Å². The second-order valence-electron chi connectivity index (χ2n) is 6.63. The highest BCUT2D eigenvalue weighted by Gasteiger charge is 2.37. The van der Waals surface area contributed by atoms with Gasteiger partial charge in [0, 0.05) is 25.7 Å². The highest BCUT2D eigenvalue weighted by molar-refractivity contribution is 4.91. The van der Waals surface area contributed by atoms with E-state index in [0.29, 0.717) is 11.5 Å². The van der Waals surface area contributed by atoms with Gasteiger partial charge in [0.1, 0.15) is 0 Å². The average Bonchev–Trinajstić information content (AvgIpc) is 2.32. The van der Waals surface area contributed by atoms with Crippen LogP contribution in [0, 0.1) is 11.3 Å². The van der Waals surface area contributed by atoms with E-state index in [9.17, 15) is 0 Å². The maximum absolute atomic E-state index is 5.56. The van der Waals surface area contributed by atoms with E-state index in [2.05, 4.69) is 31.1 Å². The molecule has 18 heavy (non-hydrogen) atoms. The number of hydrogen-bond acceptors (Lipinski definition) is 3. The molecule has 1 heterocycles. The Morgan fingerprint density at radius 1 is 1.39 bits per heavy atom. The molecule has 2 aliphatic rings. The third-order valence-electron chi connectivity index (χ3n) is 4.78. The second kappa shape index (κ2) is 6.36. The van der Waals surface area contributed by atoms with Crippen molar-refractivity contribution in [1.29, 1.82) is 0 Å². The summed E-state index contributed by atoms with van der Waals surface area (Å²) in [4.78, 5) is 2.65. The zero-order valence-corrected chi connectivity index (χ0v) is 12.4. The number of rotatable bonds is 4. The zero-order chi connectivity index (χ0) is 13.0. The fourth-order valence-corrected chi connectivity index (χ4v) is 3.93. The lowest BCUT2D eigenvalue weighted by molar-refractivity contribution is -0.0303. The topological polar surface area (TPSA) is 24.5 Å². The maximum atomic E-state index is 5.56. The third kappa shape index (κ3) is 3.46. The molecular weight excluding hydrogens is 224 g/mol. The fraction of sp³-hybridized carbons (Fsp3) is 1.00. The molecule has 3 unspecified atom stereocenters. The number of morpholine rings is 1. The molecule has 1 N–H and O–H groups in total. The highest BCUT2D eigenvalue weighted by atomic mass is 16.5. The van der Waals surface area contributed by atoms with Crippen LogP contribution in [0.25, 0.3) is 0 Å². The summed E-state index contributed by atoms with van der Waals surface area (Å²) in [5.41, 5.74) is 0.498. The average molecular weight is 254 g/mol. The molecule has 0 amide bonds. The van der Waals surface area contributed by atoms with Gasteiger partial charge in [0.25, 0.3) is 0 Å². The molecule has 106 valence electrons. The van der Waals surface area contributed by atoms with Crippen molar-refractivity contribution in [2.45, 2.75) is 45.6 Å². The molecule has 0 aromatic rings. The molecule has 3 atom stereocenters. The van der Waals surface area contributed by atoms with Crippen molar-refractivity contribution in [1.82, 2.24) is 10.2 Å². The molecule has 3 nitrogen and oxygen atoms in total. The molecular formula is C15H30N2O. The van der Waals surface area contributed by atoms with Crippen LogP contribution in [0.1, 0.15) is 39.5 Å². The van der Waals surface area contributed by atoms with Gasteiger partial charge >= 0.3 is 0 Å². The summed E-state index contributed by atoms with van der Waals surface area (Å²) in [6.45, 7) is 10.1. The van der Waals surface area contributed by atoms with Gasteiger partial charge in [0.05, 0.1) is 13.2 Å². The van der Waals surface area contributed by atoms with Gasteiger partial charge in [-0.15, -0.1) is 0 Å². The van der Waals surface area contributed by atoms with Gasteiger partial charge in [-0.3, -0.25) is 4.90 Å². The van der Waals surface area contributed by atoms with Crippen molar-refractivity contribution in [2.24, 2.45) is 11.3 Å². The van der Waals surface area contributed by atoms with E-state index >= 15 is 0 Å². The molecule has 2 rings (SSSR count). The van der Waals surface area contributed by atoms with Crippen LogP contribution in [0.5, 0.6) is 0 Å². The quantitative estimate of drug-likeness (QED) is 0.832. The Labute approximate surface area is 112 Å². The minimum Gasteiger partial charge on any atom is -0.379 e. The van der Waals surface area contributed by atoms with Gasteiger partial charge in [-0.25, -0.2) is 0 Å². The Balaban J connectivity index is 2.00. The smallest absolute Gasteiger partial charge is 0.0619 e. The molecule has 0 radical (unpaired) electrons. The number of hydrogen-bond donors (Lipinski definition) is 1. The first kappa shape index (κ1) is 14.3.